The van der Waals surface area contributed by atoms with Crippen LogP contribution in [-0.4, -0.2) is 6.04 Å². The summed E-state index contributed by atoms with van der Waals surface area (Å²) in [5, 5.41) is 0. The van der Waals surface area contributed by atoms with E-state index in [1.807, 2.05) is 0 Å². The summed E-state index contributed by atoms with van der Waals surface area (Å²) >= 11 is 0. The van der Waals surface area contributed by atoms with E-state index in [4.69, 9.17) is 0 Å². The molecule has 70 heavy (non-hydrogen) atoms. The van der Waals surface area contributed by atoms with Crippen LogP contribution in [0.25, 0.3) is 6.08 Å². The van der Waals surface area contributed by atoms with Crippen LogP contribution in [0.2, 0.25) is 0 Å². The van der Waals surface area contributed by atoms with Crippen molar-refractivity contribution >= 4 is 57.3 Å². The van der Waals surface area contributed by atoms with Crippen molar-refractivity contribution in [1.82, 2.24) is 0 Å². The quantitative estimate of drug-likeness (QED) is 0.121. The first-order valence-electron chi connectivity index (χ1n) is 25.9. The average Bonchev–Trinajstić information content (AvgIpc) is 3.43. The molecule has 0 N–H and O–H groups in total. The molecule has 0 radical (unpaired) electrons. The summed E-state index contributed by atoms with van der Waals surface area (Å²) in [6.07, 6.45) is 40.7. The molecule has 0 spiro atoms. The second-order valence-electron chi connectivity index (χ2n) is 19.7. The molecular formula is C66H62N4. The maximum absolute atomic E-state index is 2.60. The predicted octanol–water partition coefficient (Wildman–Crippen LogP) is 18.0. The number of fused-ring (bicyclic) bond motifs is 3. The van der Waals surface area contributed by atoms with Gasteiger partial charge in [-0.25, -0.2) is 0 Å². The molecule has 0 heterocycles. The number of benzene rings is 6. The first-order valence-corrected chi connectivity index (χ1v) is 25.9. The highest BCUT2D eigenvalue weighted by atomic mass is 15.2. The monoisotopic (exact) mass is 910 g/mol. The van der Waals surface area contributed by atoms with Gasteiger partial charge in [0.1, 0.15) is 0 Å². The molecule has 6 aliphatic carbocycles. The summed E-state index contributed by atoms with van der Waals surface area (Å²) in [6.45, 7) is 0. The highest BCUT2D eigenvalue weighted by Gasteiger charge is 2.30. The topological polar surface area (TPSA) is 13.0 Å². The molecule has 346 valence electrons. The van der Waals surface area contributed by atoms with Crippen molar-refractivity contribution in [2.45, 2.75) is 76.7 Å². The zero-order valence-corrected chi connectivity index (χ0v) is 40.2. The Labute approximate surface area is 415 Å². The lowest BCUT2D eigenvalue weighted by Gasteiger charge is -2.39. The smallest absolute Gasteiger partial charge is 0.0467 e. The lowest BCUT2D eigenvalue weighted by molar-refractivity contribution is 0.433. The number of nitrogens with zero attached hydrogens (tertiary/aromatic N) is 4. The molecule has 0 amide bonds. The molecule has 0 bridgehead atoms. The minimum absolute atomic E-state index is 0.385. The van der Waals surface area contributed by atoms with E-state index in [-0.39, 0.29) is 0 Å². The number of rotatable bonds is 12. The summed E-state index contributed by atoms with van der Waals surface area (Å²) in [6, 6.07) is 57.0. The van der Waals surface area contributed by atoms with E-state index in [2.05, 4.69) is 244 Å². The molecule has 0 fully saturated rings. The number of hydrogen-bond acceptors (Lipinski definition) is 4. The fourth-order valence-electron chi connectivity index (χ4n) is 11.8. The van der Waals surface area contributed by atoms with Gasteiger partial charge in [0, 0.05) is 68.6 Å². The van der Waals surface area contributed by atoms with Gasteiger partial charge in [-0.3, -0.25) is 0 Å². The fraction of sp³-hybridized carbons (Fsp3) is 0.212. The lowest BCUT2D eigenvalue weighted by atomic mass is 9.78. The van der Waals surface area contributed by atoms with Crippen LogP contribution in [0.5, 0.6) is 0 Å². The largest absolute Gasteiger partial charge is 0.338 e. The lowest BCUT2D eigenvalue weighted by Crippen LogP contribution is -2.35. The van der Waals surface area contributed by atoms with Gasteiger partial charge in [0.15, 0.2) is 0 Å². The van der Waals surface area contributed by atoms with E-state index >= 15 is 0 Å². The van der Waals surface area contributed by atoms with Crippen LogP contribution >= 0.6 is 0 Å². The van der Waals surface area contributed by atoms with Crippen LogP contribution < -0.4 is 19.6 Å². The van der Waals surface area contributed by atoms with Gasteiger partial charge < -0.3 is 19.6 Å². The molecule has 4 nitrogen and oxygen atoms in total. The highest BCUT2D eigenvalue weighted by Crippen LogP contribution is 2.44. The molecule has 0 saturated heterocycles. The van der Waals surface area contributed by atoms with E-state index in [0.29, 0.717) is 17.9 Å². The van der Waals surface area contributed by atoms with Crippen molar-refractivity contribution in [2.24, 2.45) is 11.8 Å². The van der Waals surface area contributed by atoms with Crippen LogP contribution in [0.4, 0.5) is 51.2 Å². The molecule has 0 aliphatic heterocycles. The Morgan fingerprint density at radius 1 is 0.371 bits per heavy atom. The third kappa shape index (κ3) is 8.95. The molecule has 4 heteroatoms. The van der Waals surface area contributed by atoms with Gasteiger partial charge in [0.25, 0.3) is 0 Å². The third-order valence-electron chi connectivity index (χ3n) is 15.3. The Hall–Kier alpha value is -7.56. The van der Waals surface area contributed by atoms with Crippen molar-refractivity contribution in [3.05, 3.63) is 252 Å². The van der Waals surface area contributed by atoms with E-state index < -0.39 is 0 Å². The first kappa shape index (κ1) is 43.7. The van der Waals surface area contributed by atoms with Crippen molar-refractivity contribution < 1.29 is 0 Å². The number of hydrogen-bond donors (Lipinski definition) is 0. The second-order valence-corrected chi connectivity index (χ2v) is 19.7. The molecular weight excluding hydrogens is 849 g/mol. The third-order valence-corrected chi connectivity index (χ3v) is 15.3. The Balaban J connectivity index is 0.928. The van der Waals surface area contributed by atoms with Gasteiger partial charge in [0.05, 0.1) is 0 Å². The van der Waals surface area contributed by atoms with Gasteiger partial charge in [-0.05, 0) is 226 Å². The Bertz CT molecular complexity index is 3070. The maximum Gasteiger partial charge on any atom is 0.0467 e. The first-order chi connectivity index (χ1) is 34.7. The van der Waals surface area contributed by atoms with Gasteiger partial charge in [-0.1, -0.05) is 103 Å². The van der Waals surface area contributed by atoms with Gasteiger partial charge in [-0.15, -0.1) is 0 Å². The molecule has 0 saturated carbocycles. The van der Waals surface area contributed by atoms with Gasteiger partial charge >= 0.3 is 0 Å². The molecule has 6 aliphatic rings. The van der Waals surface area contributed by atoms with Crippen molar-refractivity contribution in [3.63, 3.8) is 0 Å². The van der Waals surface area contributed by atoms with Crippen molar-refractivity contribution in [1.29, 1.82) is 0 Å². The molecule has 3 unspecified atom stereocenters. The maximum atomic E-state index is 2.60. The molecule has 6 aromatic rings. The average molecular weight is 911 g/mol. The summed E-state index contributed by atoms with van der Waals surface area (Å²) in [5.41, 5.74) is 18.6. The Kier molecular flexibility index (Phi) is 12.4. The number of aryl methyl sites for hydroxylation is 1. The summed E-state index contributed by atoms with van der Waals surface area (Å²) in [5.74, 6) is 1.23. The van der Waals surface area contributed by atoms with Gasteiger partial charge in [-0.2, -0.15) is 0 Å². The van der Waals surface area contributed by atoms with Crippen LogP contribution in [-0.2, 0) is 6.42 Å². The van der Waals surface area contributed by atoms with Crippen LogP contribution in [0.3, 0.4) is 0 Å². The van der Waals surface area contributed by atoms with Crippen LogP contribution in [0, 0.1) is 11.8 Å². The van der Waals surface area contributed by atoms with E-state index in [1.54, 1.807) is 0 Å². The Morgan fingerprint density at radius 2 is 0.914 bits per heavy atom. The minimum Gasteiger partial charge on any atom is -0.338 e. The standard InChI is InChI=1S/C66H62N4/c1-4-22-55(23-5-1)68(64-31-28-49-16-10-13-19-52(49)46-64)61-40-34-58(35-41-61)67(59-36-42-62(43-37-59)69(56-24-6-2-7-25-56)65-32-29-50-17-11-14-20-53(50)47-65)60-38-44-63(45-39-60)70(57-26-8-3-9-27-57)66-33-30-51-18-12-15-21-54(51)48-66/h1-2,4-8,10,14-16,20-28,30,32-45,47-48,50,52,64H,3,9,11-13,17-19,29,31,46H2. The fourth-order valence-corrected chi connectivity index (χ4v) is 11.8. The van der Waals surface area contributed by atoms with E-state index in [9.17, 15) is 0 Å². The van der Waals surface area contributed by atoms with Gasteiger partial charge in [0.2, 0.25) is 0 Å². The second kappa shape index (κ2) is 19.8. The predicted molar refractivity (Wildman–Crippen MR) is 296 cm³/mol. The summed E-state index contributed by atoms with van der Waals surface area (Å²) in [4.78, 5) is 9.88. The SMILES string of the molecule is C1=CC(N(c2ccc(N(c3ccc(N(C4=CCC5CCC=CC5=C4)c4ccccc4)cc3)c3ccc(N(c4ccccc4)C4CC=C5C=CCCC5C4)cc3)cc2)c2ccc3c(c2)C=CCC3)=CCC1. The Morgan fingerprint density at radius 3 is 1.59 bits per heavy atom. The number of allylic oxidation sites excluding steroid dienone is 12. The molecule has 3 atom stereocenters. The van der Waals surface area contributed by atoms with Crippen molar-refractivity contribution in [2.75, 3.05) is 19.6 Å². The van der Waals surface area contributed by atoms with E-state index in [0.717, 1.165) is 79.1 Å². The van der Waals surface area contributed by atoms with Crippen LogP contribution in [0.1, 0.15) is 75.3 Å². The summed E-state index contributed by atoms with van der Waals surface area (Å²) < 4.78 is 0. The molecule has 12 rings (SSSR count). The number of anilines is 9. The van der Waals surface area contributed by atoms with Crippen LogP contribution in [0.15, 0.2) is 241 Å². The summed E-state index contributed by atoms with van der Waals surface area (Å²) in [7, 11) is 0. The van der Waals surface area contributed by atoms with E-state index in [1.165, 1.54) is 76.4 Å². The minimum atomic E-state index is 0.385. The highest BCUT2D eigenvalue weighted by molar-refractivity contribution is 5.83. The normalized spacial score (nSPS) is 19.9. The number of para-hydroxylation sites is 2. The molecule has 0 aromatic heterocycles. The molecule has 6 aromatic carbocycles. The zero-order valence-electron chi connectivity index (χ0n) is 40.2. The van der Waals surface area contributed by atoms with Crippen molar-refractivity contribution in [3.8, 4) is 0 Å². The zero-order chi connectivity index (χ0) is 46.6.